The summed E-state index contributed by atoms with van der Waals surface area (Å²) in [5, 5.41) is 2.92. The fraction of sp³-hybridized carbons (Fsp3) is 0.684. The summed E-state index contributed by atoms with van der Waals surface area (Å²) in [7, 11) is 1.61. The van der Waals surface area contributed by atoms with Gasteiger partial charge in [-0.05, 0) is 12.8 Å². The topological polar surface area (TPSA) is 58.6 Å². The van der Waals surface area contributed by atoms with Crippen molar-refractivity contribution in [1.82, 2.24) is 10.2 Å². The Hall–Kier alpha value is -1.78. The number of carbonyl (C=O) groups excluding carboxylic acids is 2. The van der Waals surface area contributed by atoms with Crippen LogP contribution in [0.4, 0.5) is 0 Å². The van der Waals surface area contributed by atoms with Gasteiger partial charge < -0.3 is 15.0 Å². The molecule has 24 heavy (non-hydrogen) atoms. The molecule has 5 nitrogen and oxygen atoms in total. The van der Waals surface area contributed by atoms with Gasteiger partial charge in [0.2, 0.25) is 11.8 Å². The molecule has 1 aliphatic rings. The van der Waals surface area contributed by atoms with E-state index in [0.29, 0.717) is 12.1 Å². The Kier molecular flexibility index (Phi) is 7.06. The van der Waals surface area contributed by atoms with Gasteiger partial charge >= 0.3 is 0 Å². The zero-order valence-corrected chi connectivity index (χ0v) is 15.9. The molecule has 1 N–H and O–H groups in total. The van der Waals surface area contributed by atoms with E-state index in [-0.39, 0.29) is 17.9 Å². The van der Waals surface area contributed by atoms with E-state index in [0.717, 1.165) is 25.0 Å². The molecule has 136 valence electrons. The summed E-state index contributed by atoms with van der Waals surface area (Å²) in [4.78, 5) is 27.1. The lowest BCUT2D eigenvalue weighted by atomic mass is 9.94. The standard InChI is InChI=1S/C19H32N2O3/c1-8-10-14(20-18(23)19(4,5)6)17(22)21-13(3)12-16(24-7)15(21)11-9-2/h12,14-15H,3,8-11H2,1-2,4-7H3,(H,20,23)/t14-,15+/m1/s1. The lowest BCUT2D eigenvalue weighted by Gasteiger charge is -2.32. The van der Waals surface area contributed by atoms with Gasteiger partial charge in [-0.15, -0.1) is 0 Å². The van der Waals surface area contributed by atoms with Crippen LogP contribution in [0.5, 0.6) is 0 Å². The lowest BCUT2D eigenvalue weighted by Crippen LogP contribution is -2.52. The Morgan fingerprint density at radius 3 is 2.42 bits per heavy atom. The summed E-state index contributed by atoms with van der Waals surface area (Å²) < 4.78 is 5.42. The van der Waals surface area contributed by atoms with Gasteiger partial charge in [0.15, 0.2) is 0 Å². The molecule has 5 heteroatoms. The van der Waals surface area contributed by atoms with Crippen molar-refractivity contribution >= 4 is 11.8 Å². The van der Waals surface area contributed by atoms with Crippen LogP contribution in [0, 0.1) is 5.41 Å². The van der Waals surface area contributed by atoms with Gasteiger partial charge in [0.25, 0.3) is 0 Å². The molecule has 1 heterocycles. The molecule has 0 aliphatic carbocycles. The van der Waals surface area contributed by atoms with Crippen LogP contribution in [0.2, 0.25) is 0 Å². The third-order valence-electron chi connectivity index (χ3n) is 4.16. The Bertz CT molecular complexity index is 517. The minimum Gasteiger partial charge on any atom is -0.499 e. The molecule has 1 rings (SSSR count). The van der Waals surface area contributed by atoms with Crippen LogP contribution in [0.3, 0.4) is 0 Å². The molecule has 0 aromatic carbocycles. The van der Waals surface area contributed by atoms with Crippen LogP contribution >= 0.6 is 0 Å². The Labute approximate surface area is 146 Å². The maximum Gasteiger partial charge on any atom is 0.250 e. The van der Waals surface area contributed by atoms with Crippen LogP contribution in [-0.4, -0.2) is 35.9 Å². The first-order valence-electron chi connectivity index (χ1n) is 8.75. The number of carbonyl (C=O) groups is 2. The molecule has 0 aromatic heterocycles. The highest BCUT2D eigenvalue weighted by Crippen LogP contribution is 2.30. The van der Waals surface area contributed by atoms with Crippen LogP contribution in [0.15, 0.2) is 24.1 Å². The van der Waals surface area contributed by atoms with Crippen molar-refractivity contribution in [2.24, 2.45) is 5.41 Å². The molecule has 0 aromatic rings. The predicted octanol–water partition coefficient (Wildman–Crippen LogP) is 3.37. The Morgan fingerprint density at radius 1 is 1.33 bits per heavy atom. The van der Waals surface area contributed by atoms with Crippen LogP contribution < -0.4 is 5.32 Å². The molecule has 0 bridgehead atoms. The third kappa shape index (κ3) is 4.62. The Balaban J connectivity index is 3.01. The quantitative estimate of drug-likeness (QED) is 0.775. The third-order valence-corrected chi connectivity index (χ3v) is 4.16. The van der Waals surface area contributed by atoms with Gasteiger partial charge in [0.1, 0.15) is 11.8 Å². The normalized spacial score (nSPS) is 19.1. The van der Waals surface area contributed by atoms with Crippen molar-refractivity contribution in [2.75, 3.05) is 7.11 Å². The monoisotopic (exact) mass is 336 g/mol. The maximum atomic E-state index is 13.1. The summed E-state index contributed by atoms with van der Waals surface area (Å²) in [5.74, 6) is 0.528. The number of allylic oxidation sites excluding steroid dienone is 1. The van der Waals surface area contributed by atoms with E-state index in [1.807, 2.05) is 33.8 Å². The number of nitrogens with one attached hydrogen (secondary N) is 1. The summed E-state index contributed by atoms with van der Waals surface area (Å²) in [5.41, 5.74) is 0.0916. The number of hydrogen-bond donors (Lipinski definition) is 1. The van der Waals surface area contributed by atoms with Gasteiger partial charge in [0.05, 0.1) is 13.2 Å². The molecule has 1 aliphatic heterocycles. The molecular formula is C19H32N2O3. The highest BCUT2D eigenvalue weighted by atomic mass is 16.5. The van der Waals surface area contributed by atoms with E-state index < -0.39 is 11.5 Å². The molecule has 0 spiro atoms. The Morgan fingerprint density at radius 2 is 1.96 bits per heavy atom. The number of methoxy groups -OCH3 is 1. The van der Waals surface area contributed by atoms with Crippen molar-refractivity contribution < 1.29 is 14.3 Å². The first-order chi connectivity index (χ1) is 11.2. The fourth-order valence-electron chi connectivity index (χ4n) is 2.78. The minimum atomic E-state index is -0.539. The summed E-state index contributed by atoms with van der Waals surface area (Å²) >= 11 is 0. The van der Waals surface area contributed by atoms with Crippen molar-refractivity contribution in [2.45, 2.75) is 72.4 Å². The second kappa shape index (κ2) is 8.36. The van der Waals surface area contributed by atoms with E-state index in [1.54, 1.807) is 12.0 Å². The molecule has 2 atom stereocenters. The van der Waals surface area contributed by atoms with E-state index in [1.165, 1.54) is 0 Å². The number of hydrogen-bond acceptors (Lipinski definition) is 3. The second-order valence-corrected chi connectivity index (χ2v) is 7.32. The first-order valence-corrected chi connectivity index (χ1v) is 8.75. The molecular weight excluding hydrogens is 304 g/mol. The highest BCUT2D eigenvalue weighted by molar-refractivity contribution is 5.91. The van der Waals surface area contributed by atoms with Crippen LogP contribution in [0.1, 0.15) is 60.3 Å². The van der Waals surface area contributed by atoms with Gasteiger partial charge in [-0.25, -0.2) is 0 Å². The molecule has 0 saturated carbocycles. The molecule has 0 radical (unpaired) electrons. The number of rotatable bonds is 7. The SMILES string of the molecule is C=C1C=C(OC)[C@H](CCC)N1C(=O)[C@@H](CCC)NC(=O)C(C)(C)C. The smallest absolute Gasteiger partial charge is 0.250 e. The lowest BCUT2D eigenvalue weighted by molar-refractivity contribution is -0.138. The summed E-state index contributed by atoms with van der Waals surface area (Å²) in [6.45, 7) is 13.6. The number of nitrogens with zero attached hydrogens (tertiary/aromatic N) is 1. The average Bonchev–Trinajstić information content (AvgIpc) is 2.81. The highest BCUT2D eigenvalue weighted by Gasteiger charge is 2.38. The molecule has 0 fully saturated rings. The van der Waals surface area contributed by atoms with Gasteiger partial charge in [0, 0.05) is 17.2 Å². The van der Waals surface area contributed by atoms with Crippen molar-refractivity contribution in [3.05, 3.63) is 24.1 Å². The second-order valence-electron chi connectivity index (χ2n) is 7.32. The van der Waals surface area contributed by atoms with E-state index in [2.05, 4.69) is 18.8 Å². The zero-order valence-electron chi connectivity index (χ0n) is 15.9. The van der Waals surface area contributed by atoms with E-state index >= 15 is 0 Å². The zero-order chi connectivity index (χ0) is 18.5. The molecule has 2 amide bonds. The van der Waals surface area contributed by atoms with Gasteiger partial charge in [-0.1, -0.05) is 54.0 Å². The minimum absolute atomic E-state index is 0.110. The fourth-order valence-corrected chi connectivity index (χ4v) is 2.78. The van der Waals surface area contributed by atoms with Gasteiger partial charge in [-0.2, -0.15) is 0 Å². The first kappa shape index (κ1) is 20.3. The van der Waals surface area contributed by atoms with E-state index in [4.69, 9.17) is 4.74 Å². The van der Waals surface area contributed by atoms with Crippen molar-refractivity contribution in [3.8, 4) is 0 Å². The molecule has 0 unspecified atom stereocenters. The number of ether oxygens (including phenoxy) is 1. The summed E-state index contributed by atoms with van der Waals surface area (Å²) in [6, 6.07) is -0.673. The summed E-state index contributed by atoms with van der Waals surface area (Å²) in [6.07, 6.45) is 4.95. The molecule has 0 saturated heterocycles. The van der Waals surface area contributed by atoms with Gasteiger partial charge in [-0.3, -0.25) is 9.59 Å². The predicted molar refractivity (Wildman–Crippen MR) is 96.1 cm³/mol. The maximum absolute atomic E-state index is 13.1. The average molecular weight is 336 g/mol. The van der Waals surface area contributed by atoms with Crippen molar-refractivity contribution in [3.63, 3.8) is 0 Å². The number of amides is 2. The van der Waals surface area contributed by atoms with Crippen LogP contribution in [0.25, 0.3) is 0 Å². The van der Waals surface area contributed by atoms with Crippen LogP contribution in [-0.2, 0) is 14.3 Å². The largest absolute Gasteiger partial charge is 0.499 e. The van der Waals surface area contributed by atoms with Crippen molar-refractivity contribution in [1.29, 1.82) is 0 Å². The van der Waals surface area contributed by atoms with E-state index in [9.17, 15) is 9.59 Å².